The van der Waals surface area contributed by atoms with Gasteiger partial charge in [-0.3, -0.25) is 0 Å². The lowest BCUT2D eigenvalue weighted by Crippen LogP contribution is -2.41. The van der Waals surface area contributed by atoms with E-state index in [4.69, 9.17) is 4.74 Å². The molecule has 1 atom stereocenters. The minimum absolute atomic E-state index is 0.137. The molecule has 0 saturated carbocycles. The Morgan fingerprint density at radius 2 is 2.15 bits per heavy atom. The highest BCUT2D eigenvalue weighted by atomic mass is 79.9. The molecule has 1 aliphatic rings. The summed E-state index contributed by atoms with van der Waals surface area (Å²) in [6.07, 6.45) is 3.20. The number of hydrogen-bond donors (Lipinski definition) is 0. The fourth-order valence-corrected chi connectivity index (χ4v) is 4.41. The SMILES string of the molecule is CCOC(=O)[C@@H]1C=CCN1S(=O)(=O)c1ccccc1Br. The van der Waals surface area contributed by atoms with Crippen LogP contribution in [-0.4, -0.2) is 37.9 Å². The van der Waals surface area contributed by atoms with Crippen molar-refractivity contribution in [1.29, 1.82) is 0 Å². The van der Waals surface area contributed by atoms with Crippen LogP contribution in [0.5, 0.6) is 0 Å². The average Bonchev–Trinajstić information content (AvgIpc) is 2.89. The van der Waals surface area contributed by atoms with Crippen molar-refractivity contribution in [1.82, 2.24) is 4.31 Å². The van der Waals surface area contributed by atoms with Gasteiger partial charge in [-0.2, -0.15) is 4.31 Å². The van der Waals surface area contributed by atoms with Crippen molar-refractivity contribution in [2.24, 2.45) is 0 Å². The number of nitrogens with zero attached hydrogens (tertiary/aromatic N) is 1. The van der Waals surface area contributed by atoms with Crippen molar-refractivity contribution in [3.63, 3.8) is 0 Å². The van der Waals surface area contributed by atoms with Crippen molar-refractivity contribution < 1.29 is 17.9 Å². The van der Waals surface area contributed by atoms with Gasteiger partial charge >= 0.3 is 5.97 Å². The molecule has 0 bridgehead atoms. The highest BCUT2D eigenvalue weighted by Crippen LogP contribution is 2.28. The van der Waals surface area contributed by atoms with Gasteiger partial charge in [-0.1, -0.05) is 24.3 Å². The number of sulfonamides is 1. The van der Waals surface area contributed by atoms with Crippen LogP contribution in [0, 0.1) is 0 Å². The van der Waals surface area contributed by atoms with E-state index in [0.717, 1.165) is 4.31 Å². The minimum Gasteiger partial charge on any atom is -0.465 e. The van der Waals surface area contributed by atoms with Gasteiger partial charge in [-0.25, -0.2) is 13.2 Å². The van der Waals surface area contributed by atoms with Crippen LogP contribution in [0.25, 0.3) is 0 Å². The van der Waals surface area contributed by atoms with E-state index >= 15 is 0 Å². The van der Waals surface area contributed by atoms with Crippen molar-refractivity contribution in [2.45, 2.75) is 17.9 Å². The Labute approximate surface area is 126 Å². The number of carbonyl (C=O) groups excluding carboxylic acids is 1. The highest BCUT2D eigenvalue weighted by molar-refractivity contribution is 9.10. The fraction of sp³-hybridized carbons (Fsp3) is 0.308. The number of rotatable bonds is 4. The van der Waals surface area contributed by atoms with Gasteiger partial charge in [0.1, 0.15) is 6.04 Å². The summed E-state index contributed by atoms with van der Waals surface area (Å²) in [7, 11) is -3.76. The summed E-state index contributed by atoms with van der Waals surface area (Å²) in [5, 5.41) is 0. The number of hydrogen-bond acceptors (Lipinski definition) is 4. The topological polar surface area (TPSA) is 63.7 Å². The van der Waals surface area contributed by atoms with Crippen LogP contribution in [0.3, 0.4) is 0 Å². The molecule has 0 aliphatic carbocycles. The largest absolute Gasteiger partial charge is 0.465 e. The Kier molecular flexibility index (Phi) is 4.62. The lowest BCUT2D eigenvalue weighted by atomic mass is 10.3. The van der Waals surface area contributed by atoms with Gasteiger partial charge in [0.2, 0.25) is 10.0 Å². The Morgan fingerprint density at radius 3 is 2.80 bits per heavy atom. The van der Waals surface area contributed by atoms with Gasteiger partial charge in [0.25, 0.3) is 0 Å². The number of carbonyl (C=O) groups is 1. The third kappa shape index (κ3) is 2.79. The molecule has 0 amide bonds. The lowest BCUT2D eigenvalue weighted by Gasteiger charge is -2.23. The van der Waals surface area contributed by atoms with Crippen LogP contribution < -0.4 is 0 Å². The summed E-state index contributed by atoms with van der Waals surface area (Å²) >= 11 is 3.22. The molecule has 0 spiro atoms. The molecule has 20 heavy (non-hydrogen) atoms. The number of halogens is 1. The summed E-state index contributed by atoms with van der Waals surface area (Å²) in [6.45, 7) is 2.06. The first-order valence-electron chi connectivity index (χ1n) is 6.08. The zero-order valence-electron chi connectivity index (χ0n) is 10.8. The minimum atomic E-state index is -3.76. The molecule has 0 saturated heterocycles. The van der Waals surface area contributed by atoms with Crippen LogP contribution >= 0.6 is 15.9 Å². The molecule has 0 unspecified atom stereocenters. The maximum absolute atomic E-state index is 12.6. The predicted octanol–water partition coefficient (Wildman–Crippen LogP) is 1.94. The second kappa shape index (κ2) is 6.07. The van der Waals surface area contributed by atoms with Crippen LogP contribution in [-0.2, 0) is 19.6 Å². The normalized spacial score (nSPS) is 19.2. The number of esters is 1. The summed E-state index contributed by atoms with van der Waals surface area (Å²) in [6, 6.07) is 5.62. The van der Waals surface area contributed by atoms with Gasteiger partial charge in [0, 0.05) is 11.0 Å². The second-order valence-electron chi connectivity index (χ2n) is 4.13. The summed E-state index contributed by atoms with van der Waals surface area (Å²) < 4.78 is 31.8. The first-order valence-corrected chi connectivity index (χ1v) is 8.31. The van der Waals surface area contributed by atoms with Crippen LogP contribution in [0.2, 0.25) is 0 Å². The Bertz CT molecular complexity index is 642. The van der Waals surface area contributed by atoms with E-state index in [1.54, 1.807) is 37.3 Å². The summed E-state index contributed by atoms with van der Waals surface area (Å²) in [5.74, 6) is -0.558. The van der Waals surface area contributed by atoms with Crippen molar-refractivity contribution >= 4 is 31.9 Å². The summed E-state index contributed by atoms with van der Waals surface area (Å²) in [4.78, 5) is 12.0. The van der Waals surface area contributed by atoms with Gasteiger partial charge < -0.3 is 4.74 Å². The Hall–Kier alpha value is -1.18. The molecule has 1 heterocycles. The summed E-state index contributed by atoms with van der Waals surface area (Å²) in [5.41, 5.74) is 0. The third-order valence-corrected chi connectivity index (χ3v) is 5.72. The fourth-order valence-electron chi connectivity index (χ4n) is 1.95. The van der Waals surface area contributed by atoms with Crippen molar-refractivity contribution in [2.75, 3.05) is 13.2 Å². The van der Waals surface area contributed by atoms with Gasteiger partial charge in [-0.05, 0) is 35.0 Å². The molecule has 2 rings (SSSR count). The Balaban J connectivity index is 2.35. The van der Waals surface area contributed by atoms with Gasteiger partial charge in [0.05, 0.1) is 11.5 Å². The van der Waals surface area contributed by atoms with Crippen LogP contribution in [0.15, 0.2) is 45.8 Å². The van der Waals surface area contributed by atoms with E-state index in [1.807, 2.05) is 0 Å². The molecule has 0 N–H and O–H groups in total. The predicted molar refractivity (Wildman–Crippen MR) is 77.6 cm³/mol. The molecule has 108 valence electrons. The average molecular weight is 360 g/mol. The molecule has 5 nitrogen and oxygen atoms in total. The second-order valence-corrected chi connectivity index (χ2v) is 6.84. The Morgan fingerprint density at radius 1 is 1.45 bits per heavy atom. The van der Waals surface area contributed by atoms with Crippen LogP contribution in [0.1, 0.15) is 6.92 Å². The molecule has 1 aromatic carbocycles. The van der Waals surface area contributed by atoms with Gasteiger partial charge in [0.15, 0.2) is 0 Å². The van der Waals surface area contributed by atoms with Crippen molar-refractivity contribution in [3.8, 4) is 0 Å². The molecule has 0 fully saturated rings. The number of benzene rings is 1. The van der Waals surface area contributed by atoms with E-state index in [-0.39, 0.29) is 18.0 Å². The van der Waals surface area contributed by atoms with Crippen LogP contribution in [0.4, 0.5) is 0 Å². The number of ether oxygens (including phenoxy) is 1. The molecule has 0 radical (unpaired) electrons. The third-order valence-electron chi connectivity index (χ3n) is 2.87. The molecule has 1 aliphatic heterocycles. The van der Waals surface area contributed by atoms with E-state index in [0.29, 0.717) is 4.47 Å². The van der Waals surface area contributed by atoms with E-state index in [1.165, 1.54) is 6.07 Å². The molecular weight excluding hydrogens is 346 g/mol. The quantitative estimate of drug-likeness (QED) is 0.608. The zero-order chi connectivity index (χ0) is 14.8. The molecule has 0 aromatic heterocycles. The smallest absolute Gasteiger partial charge is 0.328 e. The highest BCUT2D eigenvalue weighted by Gasteiger charge is 2.38. The van der Waals surface area contributed by atoms with Gasteiger partial charge in [-0.15, -0.1) is 0 Å². The molecular formula is C13H14BrNO4S. The zero-order valence-corrected chi connectivity index (χ0v) is 13.2. The maximum Gasteiger partial charge on any atom is 0.328 e. The van der Waals surface area contributed by atoms with E-state index in [9.17, 15) is 13.2 Å². The standard InChI is InChI=1S/C13H14BrNO4S/c1-2-19-13(16)11-7-5-9-15(11)20(17,18)12-8-4-3-6-10(12)14/h3-8,11H,2,9H2,1H3/t11-/m0/s1. The monoisotopic (exact) mass is 359 g/mol. The van der Waals surface area contributed by atoms with E-state index < -0.39 is 22.0 Å². The molecule has 7 heteroatoms. The molecule has 1 aromatic rings. The first kappa shape index (κ1) is 15.2. The maximum atomic E-state index is 12.6. The van der Waals surface area contributed by atoms with Crippen molar-refractivity contribution in [3.05, 3.63) is 40.9 Å². The first-order chi connectivity index (χ1) is 9.48. The van der Waals surface area contributed by atoms with E-state index in [2.05, 4.69) is 15.9 Å². The lowest BCUT2D eigenvalue weighted by molar-refractivity contribution is -0.145.